The quantitative estimate of drug-likeness (QED) is 0.181. The molecule has 2 aromatic carbocycles. The molecule has 38 heavy (non-hydrogen) atoms. The van der Waals surface area contributed by atoms with Crippen LogP contribution in [0.2, 0.25) is 0 Å². The Morgan fingerprint density at radius 3 is 1.61 bits per heavy atom. The van der Waals surface area contributed by atoms with Crippen LogP contribution in [0, 0.1) is 5.92 Å². The van der Waals surface area contributed by atoms with Crippen LogP contribution in [0.25, 0.3) is 0 Å². The Balaban J connectivity index is 1.62. The molecule has 0 heterocycles. The maximum absolute atomic E-state index is 12.7. The van der Waals surface area contributed by atoms with Crippen molar-refractivity contribution < 1.29 is 14.7 Å². The zero-order chi connectivity index (χ0) is 27.2. The van der Waals surface area contributed by atoms with Crippen LogP contribution in [0.4, 0.5) is 22.7 Å². The number of carbonyl (C=O) groups is 2. The van der Waals surface area contributed by atoms with Crippen LogP contribution in [-0.4, -0.2) is 47.8 Å². The molecule has 1 aliphatic carbocycles. The summed E-state index contributed by atoms with van der Waals surface area (Å²) in [7, 11) is 0. The molecular formula is C31H42N4O3. The Bertz CT molecular complexity index is 1090. The number of nitrogens with one attached hydrogen (secondary N) is 2. The molecule has 7 nitrogen and oxygen atoms in total. The summed E-state index contributed by atoms with van der Waals surface area (Å²) in [5.41, 5.74) is 4.15. The van der Waals surface area contributed by atoms with E-state index in [0.29, 0.717) is 22.8 Å². The van der Waals surface area contributed by atoms with E-state index in [1.807, 2.05) is 55.5 Å². The van der Waals surface area contributed by atoms with Gasteiger partial charge in [-0.05, 0) is 67.8 Å². The van der Waals surface area contributed by atoms with E-state index in [2.05, 4.69) is 27.5 Å². The first-order valence-corrected chi connectivity index (χ1v) is 14.0. The van der Waals surface area contributed by atoms with E-state index >= 15 is 0 Å². The maximum Gasteiger partial charge on any atom is 0.185 e. The van der Waals surface area contributed by atoms with Crippen LogP contribution in [0.1, 0.15) is 71.6 Å². The number of aliphatic hydroxyl groups excluding tert-OH is 1. The first kappa shape index (κ1) is 29.2. The maximum atomic E-state index is 12.7. The fraction of sp³-hybridized carbons (Fsp3) is 0.484. The molecule has 204 valence electrons. The van der Waals surface area contributed by atoms with Gasteiger partial charge in [-0.25, -0.2) is 9.98 Å². The zero-order valence-electron chi connectivity index (χ0n) is 22.8. The van der Waals surface area contributed by atoms with E-state index < -0.39 is 5.92 Å². The Morgan fingerprint density at radius 2 is 1.16 bits per heavy atom. The molecule has 1 atom stereocenters. The van der Waals surface area contributed by atoms with Gasteiger partial charge in [0, 0.05) is 37.0 Å². The number of carbonyl (C=O) groups excluding carboxylic acids is 2. The summed E-state index contributed by atoms with van der Waals surface area (Å²) < 4.78 is 0. The number of aliphatic imine (C=N–C) groups is 2. The fourth-order valence-corrected chi connectivity index (χ4v) is 4.45. The largest absolute Gasteiger partial charge is 0.396 e. The monoisotopic (exact) mass is 518 g/mol. The molecule has 0 saturated heterocycles. The third kappa shape index (κ3) is 9.21. The van der Waals surface area contributed by atoms with Crippen LogP contribution in [0.3, 0.4) is 0 Å². The first-order chi connectivity index (χ1) is 18.5. The molecule has 3 rings (SSSR count). The van der Waals surface area contributed by atoms with Crippen molar-refractivity contribution in [3.05, 3.63) is 48.5 Å². The lowest BCUT2D eigenvalue weighted by Gasteiger charge is -2.21. The van der Waals surface area contributed by atoms with Crippen molar-refractivity contribution in [1.29, 1.82) is 0 Å². The minimum absolute atomic E-state index is 0.199. The number of anilines is 2. The number of hydrogen-bond donors (Lipinski definition) is 3. The summed E-state index contributed by atoms with van der Waals surface area (Å²) in [6, 6.07) is 15.4. The number of Topliss-reactive ketones (excluding diaryl/α,β-unsaturated/α-hetero) is 2. The van der Waals surface area contributed by atoms with Gasteiger partial charge in [0.05, 0.1) is 29.2 Å². The van der Waals surface area contributed by atoms with Crippen molar-refractivity contribution in [2.24, 2.45) is 15.9 Å². The predicted molar refractivity (Wildman–Crippen MR) is 158 cm³/mol. The second-order valence-electron chi connectivity index (χ2n) is 9.88. The average Bonchev–Trinajstić information content (AvgIpc) is 2.92. The number of rotatable bonds is 15. The molecule has 0 amide bonds. The van der Waals surface area contributed by atoms with E-state index in [0.717, 1.165) is 56.6 Å². The van der Waals surface area contributed by atoms with Crippen LogP contribution >= 0.6 is 0 Å². The van der Waals surface area contributed by atoms with Crippen molar-refractivity contribution in [3.8, 4) is 0 Å². The summed E-state index contributed by atoms with van der Waals surface area (Å²) in [6.45, 7) is 6.09. The van der Waals surface area contributed by atoms with Crippen LogP contribution < -0.4 is 10.6 Å². The van der Waals surface area contributed by atoms with Crippen molar-refractivity contribution in [1.82, 2.24) is 0 Å². The third-order valence-electron chi connectivity index (χ3n) is 6.72. The topological polar surface area (TPSA) is 103 Å². The molecule has 0 bridgehead atoms. The second-order valence-corrected chi connectivity index (χ2v) is 9.88. The highest BCUT2D eigenvalue weighted by molar-refractivity contribution is 6.62. The molecule has 0 spiro atoms. The Morgan fingerprint density at radius 1 is 0.711 bits per heavy atom. The van der Waals surface area contributed by atoms with Gasteiger partial charge in [0.1, 0.15) is 0 Å². The molecule has 3 N–H and O–H groups in total. The number of nitrogens with zero attached hydrogens (tertiary/aromatic N) is 2. The van der Waals surface area contributed by atoms with Crippen molar-refractivity contribution >= 4 is 45.7 Å². The van der Waals surface area contributed by atoms with Gasteiger partial charge in [0.15, 0.2) is 11.6 Å². The van der Waals surface area contributed by atoms with Gasteiger partial charge in [-0.15, -0.1) is 0 Å². The lowest BCUT2D eigenvalue weighted by Crippen LogP contribution is -2.40. The lowest BCUT2D eigenvalue weighted by molar-refractivity contribution is -0.121. The highest BCUT2D eigenvalue weighted by atomic mass is 16.3. The minimum atomic E-state index is -0.475. The van der Waals surface area contributed by atoms with Gasteiger partial charge in [-0.1, -0.05) is 46.0 Å². The summed E-state index contributed by atoms with van der Waals surface area (Å²) in [6.07, 6.45) is 8.68. The molecule has 0 aromatic heterocycles. The molecule has 2 aromatic rings. The number of aliphatic hydroxyl groups is 1. The third-order valence-corrected chi connectivity index (χ3v) is 6.72. The van der Waals surface area contributed by atoms with Crippen LogP contribution in [0.5, 0.6) is 0 Å². The van der Waals surface area contributed by atoms with Crippen molar-refractivity contribution in [2.45, 2.75) is 71.6 Å². The molecular weight excluding hydrogens is 476 g/mol. The summed E-state index contributed by atoms with van der Waals surface area (Å²) in [5.74, 6) is -0.955. The number of benzene rings is 2. The van der Waals surface area contributed by atoms with Crippen molar-refractivity contribution in [3.63, 3.8) is 0 Å². The van der Waals surface area contributed by atoms with E-state index in [-0.39, 0.29) is 24.6 Å². The summed E-state index contributed by atoms with van der Waals surface area (Å²) >= 11 is 0. The van der Waals surface area contributed by atoms with E-state index in [9.17, 15) is 9.59 Å². The summed E-state index contributed by atoms with van der Waals surface area (Å²) in [5, 5.41) is 15.7. The van der Waals surface area contributed by atoms with Gasteiger partial charge >= 0.3 is 0 Å². The van der Waals surface area contributed by atoms with Crippen LogP contribution in [0.15, 0.2) is 58.5 Å². The van der Waals surface area contributed by atoms with Crippen LogP contribution in [-0.2, 0) is 9.59 Å². The molecule has 1 aliphatic rings. The Labute approximate surface area is 226 Å². The molecule has 1 unspecified atom stereocenters. The normalized spacial score (nSPS) is 17.8. The van der Waals surface area contributed by atoms with E-state index in [1.165, 1.54) is 19.3 Å². The predicted octanol–water partition coefficient (Wildman–Crippen LogP) is 6.67. The summed E-state index contributed by atoms with van der Waals surface area (Å²) in [4.78, 5) is 34.6. The molecule has 7 heteroatoms. The molecule has 0 aliphatic heterocycles. The highest BCUT2D eigenvalue weighted by Gasteiger charge is 2.35. The van der Waals surface area contributed by atoms with E-state index in [1.54, 1.807) is 0 Å². The fourth-order valence-electron chi connectivity index (χ4n) is 4.45. The molecule has 1 saturated carbocycles. The van der Waals surface area contributed by atoms with E-state index in [4.69, 9.17) is 5.11 Å². The van der Waals surface area contributed by atoms with Gasteiger partial charge in [0.2, 0.25) is 0 Å². The first-order valence-electron chi connectivity index (χ1n) is 14.0. The highest BCUT2D eigenvalue weighted by Crippen LogP contribution is 2.25. The Hall–Kier alpha value is -3.32. The molecule has 0 radical (unpaired) electrons. The SMILES string of the molecule is CCCCCCNc1ccc(N=C2C(=O)CC(=O)C(=Nc3ccc(NCCCCCCO)cc3)C2C)cc1. The molecule has 1 fully saturated rings. The smallest absolute Gasteiger partial charge is 0.185 e. The zero-order valence-corrected chi connectivity index (χ0v) is 22.8. The Kier molecular flexibility index (Phi) is 12.2. The van der Waals surface area contributed by atoms with Gasteiger partial charge in [-0.2, -0.15) is 0 Å². The average molecular weight is 519 g/mol. The van der Waals surface area contributed by atoms with Gasteiger partial charge in [-0.3, -0.25) is 9.59 Å². The standard InChI is InChI=1S/C31H42N4O3/c1-3-4-5-8-19-32-24-11-15-26(16-12-24)34-30-23(2)31(29(38)22-28(30)37)35-27-17-13-25(14-18-27)33-20-9-6-7-10-21-36/h11-18,23,32-33,36H,3-10,19-22H2,1-2H3. The van der Waals surface area contributed by atoms with Gasteiger partial charge < -0.3 is 15.7 Å². The number of ketones is 2. The lowest BCUT2D eigenvalue weighted by atomic mass is 9.84. The number of hydrogen-bond acceptors (Lipinski definition) is 7. The van der Waals surface area contributed by atoms with Crippen molar-refractivity contribution in [2.75, 3.05) is 30.3 Å². The van der Waals surface area contributed by atoms with Gasteiger partial charge in [0.25, 0.3) is 0 Å². The minimum Gasteiger partial charge on any atom is -0.396 e. The second kappa shape index (κ2) is 15.8. The number of unbranched alkanes of at least 4 members (excludes halogenated alkanes) is 6.